The Morgan fingerprint density at radius 3 is 2.24 bits per heavy atom. The molecule has 2 unspecified atom stereocenters. The van der Waals surface area contributed by atoms with E-state index in [9.17, 15) is 18.3 Å². The maximum absolute atomic E-state index is 12.7. The van der Waals surface area contributed by atoms with Gasteiger partial charge in [0.05, 0.1) is 23.0 Å². The van der Waals surface area contributed by atoms with E-state index in [1.165, 1.54) is 0 Å². The van der Waals surface area contributed by atoms with Gasteiger partial charge in [-0.15, -0.1) is 0 Å². The Morgan fingerprint density at radius 2 is 1.82 bits per heavy atom. The molecule has 2 fully saturated rings. The Balaban J connectivity index is 2.18. The third kappa shape index (κ3) is 1.93. The number of alkyl halides is 3. The first-order valence-corrected chi connectivity index (χ1v) is 6.03. The molecule has 2 aliphatic rings. The van der Waals surface area contributed by atoms with Crippen molar-refractivity contribution in [2.45, 2.75) is 56.7 Å². The Labute approximate surface area is 98.4 Å². The molecule has 2 nitrogen and oxygen atoms in total. The number of aliphatic hydroxyl groups is 1. The van der Waals surface area contributed by atoms with Crippen molar-refractivity contribution in [3.05, 3.63) is 0 Å². The molecular formula is C12H16F3NO. The third-order valence-electron chi connectivity index (χ3n) is 4.50. The number of hydrogen-bond acceptors (Lipinski definition) is 2. The quantitative estimate of drug-likeness (QED) is 0.773. The molecule has 2 aliphatic carbocycles. The topological polar surface area (TPSA) is 44.0 Å². The summed E-state index contributed by atoms with van der Waals surface area (Å²) in [6.45, 7) is 0. The maximum Gasteiger partial charge on any atom is 0.391 e. The van der Waals surface area contributed by atoms with Gasteiger partial charge in [-0.1, -0.05) is 6.42 Å². The van der Waals surface area contributed by atoms with Crippen LogP contribution in [0.5, 0.6) is 0 Å². The Kier molecular flexibility index (Phi) is 2.89. The van der Waals surface area contributed by atoms with Gasteiger partial charge in [0.15, 0.2) is 0 Å². The van der Waals surface area contributed by atoms with E-state index < -0.39 is 23.1 Å². The molecule has 0 saturated heterocycles. The minimum atomic E-state index is -4.26. The summed E-state index contributed by atoms with van der Waals surface area (Å²) in [5.74, 6) is -1.45. The van der Waals surface area contributed by atoms with Crippen LogP contribution in [0, 0.1) is 22.7 Å². The highest BCUT2D eigenvalue weighted by atomic mass is 19.4. The Morgan fingerprint density at radius 1 is 1.18 bits per heavy atom. The maximum atomic E-state index is 12.7. The van der Waals surface area contributed by atoms with Gasteiger partial charge in [-0.05, 0) is 38.5 Å². The summed E-state index contributed by atoms with van der Waals surface area (Å²) < 4.78 is 38.1. The molecular weight excluding hydrogens is 231 g/mol. The van der Waals surface area contributed by atoms with Crippen LogP contribution < -0.4 is 0 Å². The van der Waals surface area contributed by atoms with Crippen LogP contribution in [0.15, 0.2) is 0 Å². The van der Waals surface area contributed by atoms with Crippen LogP contribution >= 0.6 is 0 Å². The zero-order chi connectivity index (χ0) is 12.7. The predicted octanol–water partition coefficient (Wildman–Crippen LogP) is 3.16. The van der Waals surface area contributed by atoms with Crippen molar-refractivity contribution in [3.8, 4) is 6.07 Å². The van der Waals surface area contributed by atoms with E-state index in [0.29, 0.717) is 25.7 Å². The molecule has 2 atom stereocenters. The van der Waals surface area contributed by atoms with Gasteiger partial charge in [0.25, 0.3) is 0 Å². The van der Waals surface area contributed by atoms with Crippen molar-refractivity contribution in [3.63, 3.8) is 0 Å². The molecule has 0 aromatic rings. The van der Waals surface area contributed by atoms with Gasteiger partial charge in [-0.25, -0.2) is 0 Å². The van der Waals surface area contributed by atoms with Crippen LogP contribution in [0.4, 0.5) is 13.2 Å². The highest BCUT2D eigenvalue weighted by Crippen LogP contribution is 2.56. The summed E-state index contributed by atoms with van der Waals surface area (Å²) in [5.41, 5.74) is -2.35. The number of halogens is 3. The van der Waals surface area contributed by atoms with E-state index >= 15 is 0 Å². The van der Waals surface area contributed by atoms with Crippen molar-refractivity contribution < 1.29 is 18.3 Å². The Bertz CT molecular complexity index is 343. The van der Waals surface area contributed by atoms with Gasteiger partial charge in [-0.3, -0.25) is 0 Å². The first-order chi connectivity index (χ1) is 7.83. The third-order valence-corrected chi connectivity index (χ3v) is 4.50. The van der Waals surface area contributed by atoms with Crippen LogP contribution in [0.3, 0.4) is 0 Å². The lowest BCUT2D eigenvalue weighted by molar-refractivity contribution is -0.218. The van der Waals surface area contributed by atoms with Crippen LogP contribution in [-0.2, 0) is 0 Å². The monoisotopic (exact) mass is 247 g/mol. The van der Waals surface area contributed by atoms with Gasteiger partial charge < -0.3 is 5.11 Å². The van der Waals surface area contributed by atoms with E-state index in [-0.39, 0.29) is 12.8 Å². The number of nitrogens with zero attached hydrogens (tertiary/aromatic N) is 1. The highest BCUT2D eigenvalue weighted by Gasteiger charge is 2.59. The molecule has 2 saturated carbocycles. The van der Waals surface area contributed by atoms with Crippen LogP contribution in [0.2, 0.25) is 0 Å². The molecule has 17 heavy (non-hydrogen) atoms. The molecule has 1 N–H and O–H groups in total. The summed E-state index contributed by atoms with van der Waals surface area (Å²) in [5, 5.41) is 19.6. The van der Waals surface area contributed by atoms with Crippen molar-refractivity contribution >= 4 is 0 Å². The average molecular weight is 247 g/mol. The number of rotatable bonds is 1. The molecule has 0 amide bonds. The van der Waals surface area contributed by atoms with Gasteiger partial charge in [0, 0.05) is 0 Å². The first-order valence-electron chi connectivity index (χ1n) is 6.03. The summed E-state index contributed by atoms with van der Waals surface area (Å²) in [4.78, 5) is 0. The summed E-state index contributed by atoms with van der Waals surface area (Å²) in [6.07, 6.45) is -1.91. The Hall–Kier alpha value is -0.760. The zero-order valence-corrected chi connectivity index (χ0v) is 9.56. The van der Waals surface area contributed by atoms with Crippen molar-refractivity contribution in [1.29, 1.82) is 5.26 Å². The molecule has 5 heteroatoms. The number of nitriles is 1. The standard InChI is InChI=1S/C12H16F3NO/c13-12(14,15)9-3-1-6-11(17,7-9)10(8-16)4-2-5-10/h9,17H,1-7H2. The minimum Gasteiger partial charge on any atom is -0.388 e. The van der Waals surface area contributed by atoms with Crippen molar-refractivity contribution in [1.82, 2.24) is 0 Å². The SMILES string of the molecule is N#CC1(C2(O)CCCC(C(F)(F)F)C2)CCC1. The summed E-state index contributed by atoms with van der Waals surface area (Å²) >= 11 is 0. The highest BCUT2D eigenvalue weighted by molar-refractivity contribution is 5.17. The lowest BCUT2D eigenvalue weighted by Gasteiger charge is -2.52. The van der Waals surface area contributed by atoms with Crippen molar-refractivity contribution in [2.24, 2.45) is 11.3 Å². The second kappa shape index (κ2) is 3.88. The largest absolute Gasteiger partial charge is 0.391 e. The fraction of sp³-hybridized carbons (Fsp3) is 0.917. The second-order valence-electron chi connectivity index (χ2n) is 5.41. The molecule has 0 radical (unpaired) electrons. The molecule has 0 aromatic carbocycles. The van der Waals surface area contributed by atoms with E-state index in [2.05, 4.69) is 6.07 Å². The zero-order valence-electron chi connectivity index (χ0n) is 9.56. The molecule has 0 bridgehead atoms. The normalized spacial score (nSPS) is 37.0. The smallest absolute Gasteiger partial charge is 0.388 e. The van der Waals surface area contributed by atoms with E-state index in [1.54, 1.807) is 0 Å². The fourth-order valence-electron chi connectivity index (χ4n) is 3.18. The van der Waals surface area contributed by atoms with Crippen LogP contribution in [0.25, 0.3) is 0 Å². The van der Waals surface area contributed by atoms with Gasteiger partial charge in [0.1, 0.15) is 0 Å². The summed E-state index contributed by atoms with van der Waals surface area (Å²) in [7, 11) is 0. The fourth-order valence-corrected chi connectivity index (χ4v) is 3.18. The van der Waals surface area contributed by atoms with Gasteiger partial charge >= 0.3 is 6.18 Å². The minimum absolute atomic E-state index is 0.0767. The molecule has 96 valence electrons. The molecule has 2 rings (SSSR count). The lowest BCUT2D eigenvalue weighted by atomic mass is 9.54. The van der Waals surface area contributed by atoms with Crippen LogP contribution in [-0.4, -0.2) is 16.9 Å². The second-order valence-corrected chi connectivity index (χ2v) is 5.41. The summed E-state index contributed by atoms with van der Waals surface area (Å²) in [6, 6.07) is 2.08. The molecule has 0 heterocycles. The van der Waals surface area contributed by atoms with Crippen molar-refractivity contribution in [2.75, 3.05) is 0 Å². The first kappa shape index (κ1) is 12.7. The predicted molar refractivity (Wildman–Crippen MR) is 54.9 cm³/mol. The van der Waals surface area contributed by atoms with Crippen LogP contribution in [0.1, 0.15) is 44.9 Å². The molecule has 0 spiro atoms. The van der Waals surface area contributed by atoms with Gasteiger partial charge in [0.2, 0.25) is 0 Å². The van der Waals surface area contributed by atoms with E-state index in [1.807, 2.05) is 0 Å². The lowest BCUT2D eigenvalue weighted by Crippen LogP contribution is -2.55. The average Bonchev–Trinajstić information content (AvgIpc) is 2.15. The van der Waals surface area contributed by atoms with E-state index in [0.717, 1.165) is 6.42 Å². The van der Waals surface area contributed by atoms with Gasteiger partial charge in [-0.2, -0.15) is 18.4 Å². The molecule has 0 aliphatic heterocycles. The molecule has 0 aromatic heterocycles. The van der Waals surface area contributed by atoms with E-state index in [4.69, 9.17) is 5.26 Å². The number of hydrogen-bond donors (Lipinski definition) is 1.